The molecule has 4 nitrogen and oxygen atoms in total. The van der Waals surface area contributed by atoms with E-state index in [4.69, 9.17) is 11.6 Å². The van der Waals surface area contributed by atoms with E-state index in [9.17, 15) is 22.8 Å². The van der Waals surface area contributed by atoms with E-state index < -0.39 is 22.9 Å². The van der Waals surface area contributed by atoms with Gasteiger partial charge in [0.2, 0.25) is 5.91 Å². The molecule has 0 bridgehead atoms. The van der Waals surface area contributed by atoms with Crippen LogP contribution in [0, 0.1) is 6.92 Å². The smallest absolute Gasteiger partial charge is 0.324 e. The lowest BCUT2D eigenvalue weighted by molar-refractivity contribution is -0.137. The molecule has 9 heteroatoms. The maximum absolute atomic E-state index is 13.6. The number of nitrogens with one attached hydrogen (secondary N) is 2. The van der Waals surface area contributed by atoms with Gasteiger partial charge in [0.15, 0.2) is 0 Å². The second-order valence-corrected chi connectivity index (χ2v) is 9.99. The number of benzene rings is 4. The molecule has 1 unspecified atom stereocenters. The minimum Gasteiger partial charge on any atom is -0.324 e. The second-order valence-electron chi connectivity index (χ2n) is 8.38. The monoisotopic (exact) mass is 554 g/mol. The number of aryl methyl sites for hydroxylation is 1. The Labute approximate surface area is 227 Å². The Morgan fingerprint density at radius 2 is 1.50 bits per heavy atom. The number of halogens is 4. The molecule has 0 aromatic heterocycles. The lowest BCUT2D eigenvalue weighted by Crippen LogP contribution is -2.21. The van der Waals surface area contributed by atoms with Gasteiger partial charge in [-0.3, -0.25) is 9.59 Å². The van der Waals surface area contributed by atoms with Crippen molar-refractivity contribution in [1.29, 1.82) is 0 Å². The van der Waals surface area contributed by atoms with Crippen LogP contribution in [0.5, 0.6) is 0 Å². The van der Waals surface area contributed by atoms with Crippen molar-refractivity contribution < 1.29 is 22.8 Å². The van der Waals surface area contributed by atoms with E-state index in [2.05, 4.69) is 10.6 Å². The molecule has 194 valence electrons. The second kappa shape index (κ2) is 11.8. The van der Waals surface area contributed by atoms with E-state index in [1.807, 2.05) is 19.1 Å². The molecular weight excluding hydrogens is 533 g/mol. The van der Waals surface area contributed by atoms with Crippen molar-refractivity contribution >= 4 is 46.6 Å². The Hall–Kier alpha value is -3.75. The van der Waals surface area contributed by atoms with Crippen molar-refractivity contribution in [2.24, 2.45) is 0 Å². The van der Waals surface area contributed by atoms with Crippen LogP contribution in [-0.2, 0) is 11.0 Å². The van der Waals surface area contributed by atoms with Gasteiger partial charge in [-0.1, -0.05) is 60.1 Å². The number of thioether (sulfide) groups is 1. The molecule has 4 rings (SSSR count). The van der Waals surface area contributed by atoms with Crippen molar-refractivity contribution in [2.75, 3.05) is 10.6 Å². The van der Waals surface area contributed by atoms with Crippen LogP contribution in [0.4, 0.5) is 24.5 Å². The highest BCUT2D eigenvalue weighted by atomic mass is 35.5. The lowest BCUT2D eigenvalue weighted by Gasteiger charge is -2.19. The van der Waals surface area contributed by atoms with Gasteiger partial charge in [0.05, 0.1) is 11.3 Å². The summed E-state index contributed by atoms with van der Waals surface area (Å²) in [7, 11) is 0. The van der Waals surface area contributed by atoms with Crippen molar-refractivity contribution in [3.05, 3.63) is 124 Å². The number of rotatable bonds is 7. The predicted octanol–water partition coefficient (Wildman–Crippen LogP) is 8.39. The first kappa shape index (κ1) is 27.3. The molecule has 1 atom stereocenters. The van der Waals surface area contributed by atoms with E-state index in [1.54, 1.807) is 66.7 Å². The first-order chi connectivity index (χ1) is 18.1. The van der Waals surface area contributed by atoms with Gasteiger partial charge in [0.25, 0.3) is 5.91 Å². The summed E-state index contributed by atoms with van der Waals surface area (Å²) in [6.07, 6.45) is -4.69. The van der Waals surface area contributed by atoms with Crippen LogP contribution in [0.25, 0.3) is 0 Å². The normalized spacial score (nSPS) is 12.0. The van der Waals surface area contributed by atoms with Crippen molar-refractivity contribution in [2.45, 2.75) is 23.2 Å². The molecule has 0 aliphatic heterocycles. The van der Waals surface area contributed by atoms with Gasteiger partial charge in [-0.15, -0.1) is 11.8 Å². The molecule has 0 saturated heterocycles. The third kappa shape index (κ3) is 6.76. The van der Waals surface area contributed by atoms with Gasteiger partial charge in [0.1, 0.15) is 5.25 Å². The summed E-state index contributed by atoms with van der Waals surface area (Å²) in [5, 5.41) is 4.34. The number of amides is 2. The highest BCUT2D eigenvalue weighted by Gasteiger charge is 2.35. The van der Waals surface area contributed by atoms with Crippen LogP contribution in [0.1, 0.15) is 32.3 Å². The van der Waals surface area contributed by atoms with Crippen molar-refractivity contribution in [3.8, 4) is 0 Å². The summed E-state index contributed by atoms with van der Waals surface area (Å²) in [5.41, 5.74) is 1.20. The molecule has 0 radical (unpaired) electrons. The number of anilines is 2. The van der Waals surface area contributed by atoms with Gasteiger partial charge in [-0.25, -0.2) is 0 Å². The van der Waals surface area contributed by atoms with Gasteiger partial charge in [-0.05, 0) is 66.6 Å². The molecule has 0 fully saturated rings. The zero-order chi connectivity index (χ0) is 27.3. The van der Waals surface area contributed by atoms with Crippen LogP contribution in [-0.4, -0.2) is 11.8 Å². The van der Waals surface area contributed by atoms with Gasteiger partial charge < -0.3 is 10.6 Å². The van der Waals surface area contributed by atoms with Gasteiger partial charge in [-0.2, -0.15) is 13.2 Å². The Morgan fingerprint density at radius 1 is 0.842 bits per heavy atom. The molecule has 2 N–H and O–H groups in total. The zero-order valence-electron chi connectivity index (χ0n) is 20.1. The SMILES string of the molecule is Cc1ccccc1C(=O)Nc1ccc(SC(C(=O)Nc2ccc(Cl)cc2C(F)(F)F)c2ccccc2)cc1. The van der Waals surface area contributed by atoms with Crippen LogP contribution >= 0.6 is 23.4 Å². The molecule has 0 heterocycles. The van der Waals surface area contributed by atoms with Crippen molar-refractivity contribution in [3.63, 3.8) is 0 Å². The summed E-state index contributed by atoms with van der Waals surface area (Å²) in [6, 6.07) is 26.1. The summed E-state index contributed by atoms with van der Waals surface area (Å²) in [6.45, 7) is 1.85. The highest BCUT2D eigenvalue weighted by Crippen LogP contribution is 2.40. The largest absolute Gasteiger partial charge is 0.418 e. The number of carbonyl (C=O) groups is 2. The molecule has 0 aliphatic rings. The topological polar surface area (TPSA) is 58.2 Å². The van der Waals surface area contributed by atoms with Crippen LogP contribution in [0.15, 0.2) is 102 Å². The fraction of sp³-hybridized carbons (Fsp3) is 0.103. The molecule has 38 heavy (non-hydrogen) atoms. The standard InChI is InChI=1S/C29H22ClF3N2O2S/c1-18-7-5-6-10-23(18)27(36)34-21-12-14-22(15-13-21)38-26(19-8-3-2-4-9-19)28(37)35-25-16-11-20(30)17-24(25)29(31,32)33/h2-17,26H,1H3,(H,34,36)(H,35,37). The Balaban J connectivity index is 1.54. The summed E-state index contributed by atoms with van der Waals surface area (Å²) >= 11 is 6.95. The molecule has 2 amide bonds. The summed E-state index contributed by atoms with van der Waals surface area (Å²) in [4.78, 5) is 26.6. The van der Waals surface area contributed by atoms with Gasteiger partial charge in [0, 0.05) is 21.2 Å². The number of hydrogen-bond donors (Lipinski definition) is 2. The molecule has 4 aromatic rings. The maximum Gasteiger partial charge on any atom is 0.418 e. The average Bonchev–Trinajstić information content (AvgIpc) is 2.89. The number of alkyl halides is 3. The minimum absolute atomic E-state index is 0.0843. The predicted molar refractivity (Wildman–Crippen MR) is 146 cm³/mol. The molecule has 0 spiro atoms. The average molecular weight is 555 g/mol. The number of carbonyl (C=O) groups excluding carboxylic acids is 2. The Kier molecular flexibility index (Phi) is 8.44. The van der Waals surface area contributed by atoms with Crippen LogP contribution in [0.3, 0.4) is 0 Å². The van der Waals surface area contributed by atoms with E-state index >= 15 is 0 Å². The molecular formula is C29H22ClF3N2O2S. The first-order valence-electron chi connectivity index (χ1n) is 11.5. The summed E-state index contributed by atoms with van der Waals surface area (Å²) < 4.78 is 40.7. The van der Waals surface area contributed by atoms with E-state index in [0.29, 0.717) is 21.7 Å². The maximum atomic E-state index is 13.6. The third-order valence-corrected chi connectivity index (χ3v) is 7.14. The van der Waals surface area contributed by atoms with E-state index in [0.717, 1.165) is 17.7 Å². The van der Waals surface area contributed by atoms with Crippen LogP contribution < -0.4 is 10.6 Å². The van der Waals surface area contributed by atoms with E-state index in [1.165, 1.54) is 17.8 Å². The fourth-order valence-electron chi connectivity index (χ4n) is 3.74. The van der Waals surface area contributed by atoms with E-state index in [-0.39, 0.29) is 16.6 Å². The quantitative estimate of drug-likeness (QED) is 0.226. The molecule has 4 aromatic carbocycles. The zero-order valence-corrected chi connectivity index (χ0v) is 21.6. The fourth-order valence-corrected chi connectivity index (χ4v) is 4.93. The van der Waals surface area contributed by atoms with Gasteiger partial charge >= 0.3 is 6.18 Å². The molecule has 0 saturated carbocycles. The first-order valence-corrected chi connectivity index (χ1v) is 12.7. The molecule has 0 aliphatic carbocycles. The summed E-state index contributed by atoms with van der Waals surface area (Å²) in [5.74, 6) is -0.862. The van der Waals surface area contributed by atoms with Crippen molar-refractivity contribution in [1.82, 2.24) is 0 Å². The number of hydrogen-bond acceptors (Lipinski definition) is 3. The lowest BCUT2D eigenvalue weighted by atomic mass is 10.1. The third-order valence-electron chi connectivity index (χ3n) is 5.64. The Bertz CT molecular complexity index is 1440. The minimum atomic E-state index is -4.69. The Morgan fingerprint density at radius 3 is 2.16 bits per heavy atom. The van der Waals surface area contributed by atoms with Crippen LogP contribution in [0.2, 0.25) is 5.02 Å². The highest BCUT2D eigenvalue weighted by molar-refractivity contribution is 8.00.